The highest BCUT2D eigenvalue weighted by atomic mass is 16.5. The van der Waals surface area contributed by atoms with Crippen LogP contribution in [0.4, 0.5) is 0 Å². The third kappa shape index (κ3) is 4.12. The minimum atomic E-state index is -0.305. The second kappa shape index (κ2) is 9.28. The van der Waals surface area contributed by atoms with Crippen LogP contribution in [-0.4, -0.2) is 31.5 Å². The molecule has 1 aromatic rings. The summed E-state index contributed by atoms with van der Waals surface area (Å²) in [6.07, 6.45) is 7.51. The van der Waals surface area contributed by atoms with Crippen LogP contribution < -0.4 is 14.2 Å². The van der Waals surface area contributed by atoms with E-state index in [0.29, 0.717) is 23.5 Å². The maximum Gasteiger partial charge on any atom is 0.211 e. The van der Waals surface area contributed by atoms with Crippen LogP contribution in [0.5, 0.6) is 28.7 Å². The number of rotatable bonds is 10. The minimum Gasteiger partial charge on any atom is -0.504 e. The number of hydrogen-bond acceptors (Lipinski definition) is 5. The normalized spacial score (nSPS) is 10.5. The van der Waals surface area contributed by atoms with Gasteiger partial charge in [-0.2, -0.15) is 0 Å². The smallest absolute Gasteiger partial charge is 0.211 e. The average molecular weight is 312 g/mol. The molecule has 1 aromatic carbocycles. The highest BCUT2D eigenvalue weighted by Gasteiger charge is 2.25. The van der Waals surface area contributed by atoms with Gasteiger partial charge in [-0.3, -0.25) is 0 Å². The Balaban J connectivity index is 2.91. The summed E-state index contributed by atoms with van der Waals surface area (Å²) < 4.78 is 15.7. The summed E-state index contributed by atoms with van der Waals surface area (Å²) in [7, 11) is 4.40. The van der Waals surface area contributed by atoms with E-state index in [1.807, 2.05) is 0 Å². The van der Waals surface area contributed by atoms with E-state index in [1.165, 1.54) is 47.0 Å². The highest BCUT2D eigenvalue weighted by molar-refractivity contribution is 5.69. The van der Waals surface area contributed by atoms with E-state index >= 15 is 0 Å². The Bertz CT molecular complexity index is 471. The monoisotopic (exact) mass is 312 g/mol. The molecule has 22 heavy (non-hydrogen) atoms. The minimum absolute atomic E-state index is 0.0866. The molecule has 0 aliphatic heterocycles. The topological polar surface area (TPSA) is 68.2 Å². The first-order chi connectivity index (χ1) is 10.6. The predicted molar refractivity (Wildman–Crippen MR) is 86.5 cm³/mol. The van der Waals surface area contributed by atoms with Crippen LogP contribution >= 0.6 is 0 Å². The average Bonchev–Trinajstić information content (AvgIpc) is 2.53. The van der Waals surface area contributed by atoms with Crippen molar-refractivity contribution in [3.63, 3.8) is 0 Å². The second-order valence-corrected chi connectivity index (χ2v) is 5.29. The van der Waals surface area contributed by atoms with E-state index in [4.69, 9.17) is 14.2 Å². The Labute approximate surface area is 132 Å². The van der Waals surface area contributed by atoms with Gasteiger partial charge in [0, 0.05) is 5.56 Å². The molecule has 5 heteroatoms. The van der Waals surface area contributed by atoms with E-state index in [0.717, 1.165) is 12.8 Å². The molecule has 0 saturated heterocycles. The number of benzene rings is 1. The van der Waals surface area contributed by atoms with Crippen molar-refractivity contribution in [3.8, 4) is 28.7 Å². The van der Waals surface area contributed by atoms with Gasteiger partial charge in [0.15, 0.2) is 11.5 Å². The lowest BCUT2D eigenvalue weighted by Crippen LogP contribution is -2.00. The number of phenols is 2. The van der Waals surface area contributed by atoms with Crippen molar-refractivity contribution in [2.75, 3.05) is 21.3 Å². The van der Waals surface area contributed by atoms with Crippen LogP contribution in [0.1, 0.15) is 51.0 Å². The molecule has 0 radical (unpaired) electrons. The summed E-state index contributed by atoms with van der Waals surface area (Å²) in [5.41, 5.74) is 0.563. The highest BCUT2D eigenvalue weighted by Crippen LogP contribution is 2.52. The molecular weight excluding hydrogens is 284 g/mol. The van der Waals surface area contributed by atoms with Gasteiger partial charge < -0.3 is 24.4 Å². The number of methoxy groups -OCH3 is 3. The van der Waals surface area contributed by atoms with E-state index in [1.54, 1.807) is 0 Å². The third-order valence-corrected chi connectivity index (χ3v) is 3.80. The Morgan fingerprint density at radius 2 is 1.23 bits per heavy atom. The van der Waals surface area contributed by atoms with Gasteiger partial charge in [0.05, 0.1) is 21.3 Å². The van der Waals surface area contributed by atoms with Gasteiger partial charge in [0.1, 0.15) is 0 Å². The van der Waals surface area contributed by atoms with Gasteiger partial charge in [0.2, 0.25) is 17.2 Å². The van der Waals surface area contributed by atoms with Crippen molar-refractivity contribution in [3.05, 3.63) is 5.56 Å². The Morgan fingerprint density at radius 3 is 1.77 bits per heavy atom. The maximum absolute atomic E-state index is 10.2. The SMILES string of the molecule is CCCCCCCCc1c(O)c(O)c(OC)c(OC)c1OC. The largest absolute Gasteiger partial charge is 0.504 e. The van der Waals surface area contributed by atoms with Crippen LogP contribution in [0.15, 0.2) is 0 Å². The molecule has 5 nitrogen and oxygen atoms in total. The molecule has 0 unspecified atom stereocenters. The van der Waals surface area contributed by atoms with Crippen molar-refractivity contribution in [1.82, 2.24) is 0 Å². The first-order valence-electron chi connectivity index (χ1n) is 7.84. The summed E-state index contributed by atoms with van der Waals surface area (Å²) in [5.74, 6) is 0.317. The van der Waals surface area contributed by atoms with Gasteiger partial charge in [-0.1, -0.05) is 39.0 Å². The van der Waals surface area contributed by atoms with Crippen molar-refractivity contribution >= 4 is 0 Å². The third-order valence-electron chi connectivity index (χ3n) is 3.80. The number of hydrogen-bond donors (Lipinski definition) is 2. The molecule has 0 amide bonds. The van der Waals surface area contributed by atoms with Crippen LogP contribution in [0.2, 0.25) is 0 Å². The summed E-state index contributed by atoms with van der Waals surface area (Å²) in [6.45, 7) is 2.19. The summed E-state index contributed by atoms with van der Waals surface area (Å²) in [5, 5.41) is 20.3. The second-order valence-electron chi connectivity index (χ2n) is 5.29. The van der Waals surface area contributed by atoms with E-state index < -0.39 is 0 Å². The van der Waals surface area contributed by atoms with Crippen LogP contribution in [0, 0.1) is 0 Å². The molecule has 126 valence electrons. The molecule has 1 rings (SSSR count). The van der Waals surface area contributed by atoms with Crippen LogP contribution in [0.25, 0.3) is 0 Å². The Hall–Kier alpha value is -1.78. The maximum atomic E-state index is 10.2. The molecule has 0 aliphatic rings. The molecule has 0 bridgehead atoms. The van der Waals surface area contributed by atoms with Crippen LogP contribution in [0.3, 0.4) is 0 Å². The molecule has 0 fully saturated rings. The zero-order valence-corrected chi connectivity index (χ0v) is 14.1. The molecule has 0 spiro atoms. The molecule has 0 saturated carbocycles. The van der Waals surface area contributed by atoms with Crippen LogP contribution in [-0.2, 0) is 6.42 Å². The number of phenolic OH excluding ortho intramolecular Hbond substituents is 2. The lowest BCUT2D eigenvalue weighted by Gasteiger charge is -2.18. The summed E-state index contributed by atoms with van der Waals surface area (Å²) in [4.78, 5) is 0. The molecule has 0 heterocycles. The van der Waals surface area contributed by atoms with E-state index in [-0.39, 0.29) is 17.2 Å². The quantitative estimate of drug-likeness (QED) is 0.504. The van der Waals surface area contributed by atoms with Crippen molar-refractivity contribution in [2.45, 2.75) is 51.9 Å². The Morgan fingerprint density at radius 1 is 0.682 bits per heavy atom. The van der Waals surface area contributed by atoms with Gasteiger partial charge in [-0.05, 0) is 12.8 Å². The van der Waals surface area contributed by atoms with E-state index in [2.05, 4.69) is 6.92 Å². The molecule has 0 aromatic heterocycles. The van der Waals surface area contributed by atoms with Gasteiger partial charge in [-0.15, -0.1) is 0 Å². The summed E-state index contributed by atoms with van der Waals surface area (Å²) >= 11 is 0. The first kappa shape index (κ1) is 18.3. The molecule has 0 atom stereocenters. The Kier molecular flexibility index (Phi) is 7.71. The molecule has 2 N–H and O–H groups in total. The number of ether oxygens (including phenoxy) is 3. The summed E-state index contributed by atoms with van der Waals surface area (Å²) in [6, 6.07) is 0. The molecular formula is C17H28O5. The lowest BCUT2D eigenvalue weighted by molar-refractivity contribution is 0.297. The zero-order chi connectivity index (χ0) is 16.5. The first-order valence-corrected chi connectivity index (χ1v) is 7.84. The predicted octanol–water partition coefficient (Wildman–Crippen LogP) is 4.03. The number of unbranched alkanes of at least 4 members (excludes halogenated alkanes) is 5. The van der Waals surface area contributed by atoms with Gasteiger partial charge in [0.25, 0.3) is 0 Å². The fourth-order valence-corrected chi connectivity index (χ4v) is 2.61. The van der Waals surface area contributed by atoms with Gasteiger partial charge >= 0.3 is 0 Å². The van der Waals surface area contributed by atoms with Crippen molar-refractivity contribution in [2.24, 2.45) is 0 Å². The standard InChI is InChI=1S/C17H28O5/c1-5-6-7-8-9-10-11-12-13(18)14(19)16(21-3)17(22-4)15(12)20-2/h18-19H,5-11H2,1-4H3. The van der Waals surface area contributed by atoms with E-state index in [9.17, 15) is 10.2 Å². The lowest BCUT2D eigenvalue weighted by atomic mass is 10.0. The zero-order valence-electron chi connectivity index (χ0n) is 14.1. The van der Waals surface area contributed by atoms with Crippen molar-refractivity contribution < 1.29 is 24.4 Å². The van der Waals surface area contributed by atoms with Gasteiger partial charge in [-0.25, -0.2) is 0 Å². The van der Waals surface area contributed by atoms with Crippen molar-refractivity contribution in [1.29, 1.82) is 0 Å². The fourth-order valence-electron chi connectivity index (χ4n) is 2.61. The fraction of sp³-hybridized carbons (Fsp3) is 0.647. The number of aromatic hydroxyl groups is 2. The molecule has 0 aliphatic carbocycles.